The first-order chi connectivity index (χ1) is 13.0. The molecule has 0 saturated carbocycles. The number of primary amides is 1. The summed E-state index contributed by atoms with van der Waals surface area (Å²) in [7, 11) is 0. The SMILES string of the molecule is NC(=O)CNC(=O)c1ccc(CN=C(N)Nc2ccc3c(c2)CCC3)cc1. The normalized spacial score (nSPS) is 13.1. The molecule has 0 saturated heterocycles. The van der Waals surface area contributed by atoms with Gasteiger partial charge in [0.2, 0.25) is 5.91 Å². The summed E-state index contributed by atoms with van der Waals surface area (Å²) in [5, 5.41) is 5.56. The first-order valence-electron chi connectivity index (χ1n) is 8.85. The lowest BCUT2D eigenvalue weighted by atomic mass is 10.1. The van der Waals surface area contributed by atoms with Crippen LogP contribution in [0.4, 0.5) is 5.69 Å². The summed E-state index contributed by atoms with van der Waals surface area (Å²) in [6.07, 6.45) is 3.47. The minimum absolute atomic E-state index is 0.185. The van der Waals surface area contributed by atoms with E-state index in [2.05, 4.69) is 27.8 Å². The van der Waals surface area contributed by atoms with E-state index in [4.69, 9.17) is 11.5 Å². The number of aliphatic imine (C=N–C) groups is 1. The quantitative estimate of drug-likeness (QED) is 0.455. The average Bonchev–Trinajstić information content (AvgIpc) is 3.12. The highest BCUT2D eigenvalue weighted by Gasteiger charge is 2.11. The van der Waals surface area contributed by atoms with E-state index in [0.717, 1.165) is 24.1 Å². The monoisotopic (exact) mass is 365 g/mol. The fourth-order valence-electron chi connectivity index (χ4n) is 3.04. The number of guanidine groups is 1. The second-order valence-corrected chi connectivity index (χ2v) is 6.51. The van der Waals surface area contributed by atoms with Gasteiger partial charge in [0.15, 0.2) is 5.96 Å². The number of carbonyl (C=O) groups is 2. The van der Waals surface area contributed by atoms with Gasteiger partial charge in [0.25, 0.3) is 5.91 Å². The molecule has 0 unspecified atom stereocenters. The second-order valence-electron chi connectivity index (χ2n) is 6.51. The van der Waals surface area contributed by atoms with E-state index in [-0.39, 0.29) is 12.5 Å². The molecular formula is C20H23N5O2. The van der Waals surface area contributed by atoms with Crippen molar-refractivity contribution in [2.45, 2.75) is 25.8 Å². The summed E-state index contributed by atoms with van der Waals surface area (Å²) in [5.74, 6) is -0.585. The number of hydrogen-bond donors (Lipinski definition) is 4. The Hall–Kier alpha value is -3.35. The number of aryl methyl sites for hydroxylation is 2. The number of nitrogens with two attached hydrogens (primary N) is 2. The topological polar surface area (TPSA) is 123 Å². The molecule has 0 aromatic heterocycles. The van der Waals surface area contributed by atoms with Gasteiger partial charge >= 0.3 is 0 Å². The van der Waals surface area contributed by atoms with Crippen LogP contribution in [0.25, 0.3) is 0 Å². The maximum atomic E-state index is 11.8. The first-order valence-corrected chi connectivity index (χ1v) is 8.85. The molecule has 0 radical (unpaired) electrons. The predicted octanol–water partition coefficient (Wildman–Crippen LogP) is 1.32. The van der Waals surface area contributed by atoms with Gasteiger partial charge in [0.05, 0.1) is 13.1 Å². The lowest BCUT2D eigenvalue weighted by Gasteiger charge is -2.08. The molecule has 2 aromatic carbocycles. The first kappa shape index (κ1) is 18.4. The molecule has 6 N–H and O–H groups in total. The van der Waals surface area contributed by atoms with Crippen LogP contribution in [0.3, 0.4) is 0 Å². The highest BCUT2D eigenvalue weighted by Crippen LogP contribution is 2.24. The zero-order valence-corrected chi connectivity index (χ0v) is 15.0. The Labute approximate surface area is 157 Å². The van der Waals surface area contributed by atoms with Crippen molar-refractivity contribution in [2.24, 2.45) is 16.5 Å². The van der Waals surface area contributed by atoms with E-state index in [1.807, 2.05) is 6.07 Å². The van der Waals surface area contributed by atoms with Crippen molar-refractivity contribution in [3.05, 3.63) is 64.7 Å². The average molecular weight is 365 g/mol. The molecule has 1 aliphatic rings. The van der Waals surface area contributed by atoms with Gasteiger partial charge in [0, 0.05) is 11.3 Å². The minimum atomic E-state index is -0.583. The van der Waals surface area contributed by atoms with Crippen molar-refractivity contribution < 1.29 is 9.59 Å². The summed E-state index contributed by atoms with van der Waals surface area (Å²) in [5.41, 5.74) is 16.1. The minimum Gasteiger partial charge on any atom is -0.370 e. The van der Waals surface area contributed by atoms with E-state index in [1.54, 1.807) is 24.3 Å². The molecule has 2 aromatic rings. The number of rotatable bonds is 6. The van der Waals surface area contributed by atoms with E-state index >= 15 is 0 Å². The van der Waals surface area contributed by atoms with Gasteiger partial charge in [-0.3, -0.25) is 9.59 Å². The zero-order chi connectivity index (χ0) is 19.2. The molecule has 7 heteroatoms. The zero-order valence-electron chi connectivity index (χ0n) is 15.0. The van der Waals surface area contributed by atoms with Crippen LogP contribution in [0, 0.1) is 0 Å². The van der Waals surface area contributed by atoms with Crippen molar-refractivity contribution in [3.63, 3.8) is 0 Å². The third-order valence-corrected chi connectivity index (χ3v) is 4.44. The Morgan fingerprint density at radius 3 is 2.48 bits per heavy atom. The third kappa shape index (κ3) is 5.07. The Balaban J connectivity index is 1.55. The highest BCUT2D eigenvalue weighted by molar-refractivity contribution is 5.96. The molecule has 0 atom stereocenters. The second kappa shape index (κ2) is 8.35. The van der Waals surface area contributed by atoms with Crippen molar-refractivity contribution in [1.82, 2.24) is 5.32 Å². The largest absolute Gasteiger partial charge is 0.370 e. The number of fused-ring (bicyclic) bond motifs is 1. The van der Waals surface area contributed by atoms with Crippen LogP contribution in [0.15, 0.2) is 47.5 Å². The molecule has 0 spiro atoms. The summed E-state index contributed by atoms with van der Waals surface area (Å²) in [4.78, 5) is 26.9. The van der Waals surface area contributed by atoms with Crippen LogP contribution in [0.5, 0.6) is 0 Å². The smallest absolute Gasteiger partial charge is 0.251 e. The fraction of sp³-hybridized carbons (Fsp3) is 0.250. The number of nitrogens with one attached hydrogen (secondary N) is 2. The van der Waals surface area contributed by atoms with Crippen molar-refractivity contribution in [1.29, 1.82) is 0 Å². The van der Waals surface area contributed by atoms with Crippen LogP contribution < -0.4 is 22.1 Å². The summed E-state index contributed by atoms with van der Waals surface area (Å²) in [6, 6.07) is 13.2. The Morgan fingerprint density at radius 2 is 1.74 bits per heavy atom. The van der Waals surface area contributed by atoms with Crippen LogP contribution in [0.2, 0.25) is 0 Å². The molecular weight excluding hydrogens is 342 g/mol. The highest BCUT2D eigenvalue weighted by atomic mass is 16.2. The molecule has 140 valence electrons. The number of amides is 2. The summed E-state index contributed by atoms with van der Waals surface area (Å²) in [6.45, 7) is 0.211. The van der Waals surface area contributed by atoms with Crippen LogP contribution in [-0.4, -0.2) is 24.3 Å². The number of hydrogen-bond acceptors (Lipinski definition) is 3. The van der Waals surface area contributed by atoms with E-state index in [1.165, 1.54) is 17.5 Å². The lowest BCUT2D eigenvalue weighted by Crippen LogP contribution is -2.33. The van der Waals surface area contributed by atoms with Crippen LogP contribution >= 0.6 is 0 Å². The Kier molecular flexibility index (Phi) is 5.71. The Morgan fingerprint density at radius 1 is 1.00 bits per heavy atom. The fourth-order valence-corrected chi connectivity index (χ4v) is 3.04. The molecule has 1 aliphatic carbocycles. The standard InChI is InChI=1S/C20H23N5O2/c21-18(26)12-23-19(27)15-6-4-13(5-7-15)11-24-20(22)25-17-9-8-14-2-1-3-16(14)10-17/h4-10H,1-3,11-12H2,(H2,21,26)(H,23,27)(H3,22,24,25). The van der Waals surface area contributed by atoms with E-state index < -0.39 is 5.91 Å². The van der Waals surface area contributed by atoms with Gasteiger partial charge in [-0.15, -0.1) is 0 Å². The maximum Gasteiger partial charge on any atom is 0.251 e. The third-order valence-electron chi connectivity index (χ3n) is 4.44. The van der Waals surface area contributed by atoms with Crippen molar-refractivity contribution >= 4 is 23.5 Å². The molecule has 27 heavy (non-hydrogen) atoms. The molecule has 0 bridgehead atoms. The molecule has 0 aliphatic heterocycles. The lowest BCUT2D eigenvalue weighted by molar-refractivity contribution is -0.117. The molecule has 2 amide bonds. The maximum absolute atomic E-state index is 11.8. The van der Waals surface area contributed by atoms with Gasteiger partial charge in [-0.1, -0.05) is 18.2 Å². The van der Waals surface area contributed by atoms with Gasteiger partial charge in [-0.05, 0) is 60.2 Å². The van der Waals surface area contributed by atoms with Gasteiger partial charge in [0.1, 0.15) is 0 Å². The van der Waals surface area contributed by atoms with Gasteiger partial charge < -0.3 is 22.1 Å². The summed E-state index contributed by atoms with van der Waals surface area (Å²) >= 11 is 0. The molecule has 7 nitrogen and oxygen atoms in total. The number of benzene rings is 2. The van der Waals surface area contributed by atoms with Gasteiger partial charge in [-0.25, -0.2) is 4.99 Å². The molecule has 3 rings (SSSR count). The number of anilines is 1. The van der Waals surface area contributed by atoms with Crippen molar-refractivity contribution in [2.75, 3.05) is 11.9 Å². The van der Waals surface area contributed by atoms with Crippen molar-refractivity contribution in [3.8, 4) is 0 Å². The molecule has 0 heterocycles. The molecule has 0 fully saturated rings. The van der Waals surface area contributed by atoms with Crippen LogP contribution in [0.1, 0.15) is 33.5 Å². The van der Waals surface area contributed by atoms with Gasteiger partial charge in [-0.2, -0.15) is 0 Å². The Bertz CT molecular complexity index is 874. The number of carbonyl (C=O) groups excluding carboxylic acids is 2. The van der Waals surface area contributed by atoms with Crippen LogP contribution in [-0.2, 0) is 24.2 Å². The van der Waals surface area contributed by atoms with E-state index in [9.17, 15) is 9.59 Å². The number of nitrogens with zero attached hydrogens (tertiary/aromatic N) is 1. The summed E-state index contributed by atoms with van der Waals surface area (Å²) < 4.78 is 0. The predicted molar refractivity (Wildman–Crippen MR) is 105 cm³/mol. The van der Waals surface area contributed by atoms with E-state index in [0.29, 0.717) is 18.1 Å².